The number of terminal acetylenes is 1. The summed E-state index contributed by atoms with van der Waals surface area (Å²) in [6.07, 6.45) is 5.59. The zero-order valence-corrected chi connectivity index (χ0v) is 13.6. The molecule has 2 atom stereocenters. The maximum absolute atomic E-state index is 12.9. The highest BCUT2D eigenvalue weighted by atomic mass is 16.2. The first-order chi connectivity index (χ1) is 8.93. The van der Waals surface area contributed by atoms with Crippen LogP contribution in [0.4, 0.5) is 0 Å². The minimum absolute atomic E-state index is 0.00694. The molecule has 0 aromatic carbocycles. The molecule has 0 bridgehead atoms. The molecule has 1 heterocycles. The molecule has 1 aliphatic heterocycles. The van der Waals surface area contributed by atoms with Crippen molar-refractivity contribution in [3.63, 3.8) is 0 Å². The van der Waals surface area contributed by atoms with Crippen molar-refractivity contribution in [1.82, 2.24) is 10.2 Å². The van der Waals surface area contributed by atoms with Gasteiger partial charge in [0.2, 0.25) is 11.8 Å². The zero-order chi connectivity index (χ0) is 15.9. The summed E-state index contributed by atoms with van der Waals surface area (Å²) >= 11 is 0. The summed E-state index contributed by atoms with van der Waals surface area (Å²) in [5.74, 6) is 2.43. The number of carbonyl (C=O) groups excluding carboxylic acids is 2. The van der Waals surface area contributed by atoms with Gasteiger partial charge < -0.3 is 10.2 Å². The summed E-state index contributed by atoms with van der Waals surface area (Å²) in [4.78, 5) is 26.9. The first kappa shape index (κ1) is 16.6. The third-order valence-corrected chi connectivity index (χ3v) is 3.77. The normalized spacial score (nSPS) is 24.6. The van der Waals surface area contributed by atoms with Gasteiger partial charge >= 0.3 is 0 Å². The first-order valence-electron chi connectivity index (χ1n) is 7.05. The molecule has 0 saturated carbocycles. The van der Waals surface area contributed by atoms with Crippen molar-refractivity contribution in [2.45, 2.75) is 66.1 Å². The molecule has 0 aromatic heterocycles. The van der Waals surface area contributed by atoms with Gasteiger partial charge in [-0.2, -0.15) is 0 Å². The number of nitrogens with one attached hydrogen (secondary N) is 1. The molecule has 1 aliphatic rings. The Morgan fingerprint density at radius 3 is 2.05 bits per heavy atom. The van der Waals surface area contributed by atoms with Gasteiger partial charge in [-0.15, -0.1) is 6.42 Å². The Labute approximate surface area is 122 Å². The lowest BCUT2D eigenvalue weighted by atomic mass is 9.81. The largest absolute Gasteiger partial charge is 0.342 e. The van der Waals surface area contributed by atoms with E-state index in [0.717, 1.165) is 0 Å². The Bertz CT molecular complexity index is 452. The summed E-state index contributed by atoms with van der Waals surface area (Å²) in [5, 5.41) is 2.86. The monoisotopic (exact) mass is 278 g/mol. The van der Waals surface area contributed by atoms with Crippen molar-refractivity contribution in [2.24, 2.45) is 11.3 Å². The van der Waals surface area contributed by atoms with Crippen molar-refractivity contribution in [1.29, 1.82) is 0 Å². The van der Waals surface area contributed by atoms with Crippen LogP contribution in [0.3, 0.4) is 0 Å². The molecular formula is C16H26N2O2. The van der Waals surface area contributed by atoms with Gasteiger partial charge in [0, 0.05) is 0 Å². The quantitative estimate of drug-likeness (QED) is 0.783. The Kier molecular flexibility index (Phi) is 4.24. The van der Waals surface area contributed by atoms with Gasteiger partial charge in [0.25, 0.3) is 0 Å². The second kappa shape index (κ2) is 5.12. The van der Waals surface area contributed by atoms with E-state index < -0.39 is 17.6 Å². The van der Waals surface area contributed by atoms with Crippen LogP contribution in [0.5, 0.6) is 0 Å². The summed E-state index contributed by atoms with van der Waals surface area (Å²) < 4.78 is 0. The Balaban J connectivity index is 3.33. The predicted molar refractivity (Wildman–Crippen MR) is 79.8 cm³/mol. The highest BCUT2D eigenvalue weighted by Gasteiger charge is 2.50. The minimum Gasteiger partial charge on any atom is -0.342 e. The van der Waals surface area contributed by atoms with E-state index >= 15 is 0 Å². The van der Waals surface area contributed by atoms with E-state index in [1.807, 2.05) is 34.6 Å². The number of nitrogens with zero attached hydrogens (tertiary/aromatic N) is 1. The average molecular weight is 278 g/mol. The third-order valence-electron chi connectivity index (χ3n) is 3.77. The maximum atomic E-state index is 12.9. The SMILES string of the molecule is C#CC(C)(C)N1C(=O)C(C(C)(C)C)NC(=O)C1C(C)C. The molecule has 112 valence electrons. The van der Waals surface area contributed by atoms with Crippen molar-refractivity contribution in [2.75, 3.05) is 0 Å². The van der Waals surface area contributed by atoms with Crippen molar-refractivity contribution in [3.05, 3.63) is 0 Å². The standard InChI is InChI=1S/C16H26N2O2/c1-9-16(7,8)18-11(10(2)3)13(19)17-12(14(18)20)15(4,5)6/h1,10-12H,2-8H3,(H,17,19). The van der Waals surface area contributed by atoms with Crippen LogP contribution in [0.25, 0.3) is 0 Å². The molecule has 1 rings (SSSR count). The molecule has 2 unspecified atom stereocenters. The van der Waals surface area contributed by atoms with Crippen LogP contribution < -0.4 is 5.32 Å². The zero-order valence-electron chi connectivity index (χ0n) is 13.6. The highest BCUT2D eigenvalue weighted by molar-refractivity contribution is 5.98. The Hall–Kier alpha value is -1.50. The van der Waals surface area contributed by atoms with E-state index in [1.54, 1.807) is 18.7 Å². The fourth-order valence-corrected chi connectivity index (χ4v) is 2.56. The number of hydrogen-bond donors (Lipinski definition) is 1. The summed E-state index contributed by atoms with van der Waals surface area (Å²) in [7, 11) is 0. The fraction of sp³-hybridized carbons (Fsp3) is 0.750. The van der Waals surface area contributed by atoms with Crippen LogP contribution in [-0.4, -0.2) is 34.3 Å². The van der Waals surface area contributed by atoms with Crippen LogP contribution in [0, 0.1) is 23.7 Å². The minimum atomic E-state index is -0.784. The van der Waals surface area contributed by atoms with Gasteiger partial charge in [-0.3, -0.25) is 9.59 Å². The van der Waals surface area contributed by atoms with Gasteiger partial charge in [0.05, 0.1) is 5.54 Å². The summed E-state index contributed by atoms with van der Waals surface area (Å²) in [6.45, 7) is 13.3. The lowest BCUT2D eigenvalue weighted by Gasteiger charge is -2.49. The molecule has 0 aliphatic carbocycles. The van der Waals surface area contributed by atoms with Crippen LogP contribution >= 0.6 is 0 Å². The maximum Gasteiger partial charge on any atom is 0.247 e. The smallest absolute Gasteiger partial charge is 0.247 e. The predicted octanol–water partition coefficient (Wildman–Crippen LogP) is 1.80. The molecule has 0 spiro atoms. The lowest BCUT2D eigenvalue weighted by Crippen LogP contribution is -2.71. The Morgan fingerprint density at radius 1 is 1.20 bits per heavy atom. The van der Waals surface area contributed by atoms with E-state index in [-0.39, 0.29) is 23.1 Å². The van der Waals surface area contributed by atoms with Gasteiger partial charge in [-0.1, -0.05) is 40.5 Å². The molecular weight excluding hydrogens is 252 g/mol. The number of carbonyl (C=O) groups is 2. The molecule has 1 fully saturated rings. The van der Waals surface area contributed by atoms with Crippen molar-refractivity contribution >= 4 is 11.8 Å². The summed E-state index contributed by atoms with van der Waals surface area (Å²) in [6, 6.07) is -1.07. The number of amides is 2. The van der Waals surface area contributed by atoms with Crippen molar-refractivity contribution in [3.8, 4) is 12.3 Å². The Morgan fingerprint density at radius 2 is 1.70 bits per heavy atom. The van der Waals surface area contributed by atoms with Gasteiger partial charge in [0.1, 0.15) is 12.1 Å². The lowest BCUT2D eigenvalue weighted by molar-refractivity contribution is -0.159. The van der Waals surface area contributed by atoms with Crippen LogP contribution in [0.1, 0.15) is 48.5 Å². The number of rotatable bonds is 2. The first-order valence-corrected chi connectivity index (χ1v) is 7.05. The third kappa shape index (κ3) is 2.82. The van der Waals surface area contributed by atoms with E-state index in [9.17, 15) is 9.59 Å². The summed E-state index contributed by atoms with van der Waals surface area (Å²) in [5.41, 5.74) is -1.13. The van der Waals surface area contributed by atoms with Gasteiger partial charge in [-0.25, -0.2) is 0 Å². The second-order valence-corrected chi connectivity index (χ2v) is 7.41. The fourth-order valence-electron chi connectivity index (χ4n) is 2.56. The average Bonchev–Trinajstić information content (AvgIpc) is 2.28. The van der Waals surface area contributed by atoms with Crippen LogP contribution in [-0.2, 0) is 9.59 Å². The molecule has 4 heteroatoms. The molecule has 20 heavy (non-hydrogen) atoms. The second-order valence-electron chi connectivity index (χ2n) is 7.41. The molecule has 1 N–H and O–H groups in total. The van der Waals surface area contributed by atoms with E-state index in [1.165, 1.54) is 0 Å². The van der Waals surface area contributed by atoms with Crippen molar-refractivity contribution < 1.29 is 9.59 Å². The number of piperazine rings is 1. The molecule has 0 radical (unpaired) electrons. The molecule has 1 saturated heterocycles. The molecule has 4 nitrogen and oxygen atoms in total. The van der Waals surface area contributed by atoms with Crippen LogP contribution in [0.2, 0.25) is 0 Å². The number of hydrogen-bond acceptors (Lipinski definition) is 2. The van der Waals surface area contributed by atoms with Crippen LogP contribution in [0.15, 0.2) is 0 Å². The molecule has 0 aromatic rings. The van der Waals surface area contributed by atoms with E-state index in [2.05, 4.69) is 11.2 Å². The van der Waals surface area contributed by atoms with E-state index in [0.29, 0.717) is 0 Å². The topological polar surface area (TPSA) is 49.4 Å². The van der Waals surface area contributed by atoms with Gasteiger partial charge in [-0.05, 0) is 25.2 Å². The highest BCUT2D eigenvalue weighted by Crippen LogP contribution is 2.31. The van der Waals surface area contributed by atoms with E-state index in [4.69, 9.17) is 6.42 Å². The van der Waals surface area contributed by atoms with Gasteiger partial charge in [0.15, 0.2) is 0 Å². The molecule has 2 amide bonds.